The van der Waals surface area contributed by atoms with E-state index in [1.54, 1.807) is 6.92 Å². The van der Waals surface area contributed by atoms with E-state index in [0.717, 1.165) is 20.0 Å². The zero-order valence-corrected chi connectivity index (χ0v) is 10.9. The van der Waals surface area contributed by atoms with Gasteiger partial charge in [-0.1, -0.05) is 20.3 Å². The van der Waals surface area contributed by atoms with Gasteiger partial charge in [-0.05, 0) is 19.8 Å². The van der Waals surface area contributed by atoms with E-state index < -0.39 is 0 Å². The van der Waals surface area contributed by atoms with E-state index in [4.69, 9.17) is 9.84 Å². The highest BCUT2D eigenvalue weighted by molar-refractivity contribution is 5.79. The molecule has 0 heterocycles. The minimum absolute atomic E-state index is 0.0503. The number of hydrogen-bond donors (Lipinski definition) is 1. The van der Waals surface area contributed by atoms with Gasteiger partial charge in [0.2, 0.25) is 0 Å². The van der Waals surface area contributed by atoms with Crippen LogP contribution in [0.2, 0.25) is 0 Å². The van der Waals surface area contributed by atoms with Crippen molar-refractivity contribution in [2.75, 3.05) is 14.2 Å². The molecule has 0 saturated heterocycles. The molecule has 2 unspecified atom stereocenters. The highest BCUT2D eigenvalue weighted by Crippen LogP contribution is 2.19. The Labute approximate surface area is 98.0 Å². The fourth-order valence-corrected chi connectivity index (χ4v) is 1.44. The van der Waals surface area contributed by atoms with Gasteiger partial charge in [-0.15, -0.1) is 0 Å². The maximum atomic E-state index is 11.3. The molecule has 0 rings (SSSR count). The normalized spacial score (nSPS) is 13.1. The quantitative estimate of drug-likeness (QED) is 0.709. The average Bonchev–Trinajstić information content (AvgIpc) is 2.29. The first kappa shape index (κ1) is 17.5. The molecule has 0 aliphatic carbocycles. The Morgan fingerprint density at radius 2 is 1.81 bits per heavy atom. The van der Waals surface area contributed by atoms with Crippen molar-refractivity contribution in [3.63, 3.8) is 0 Å². The first-order valence-corrected chi connectivity index (χ1v) is 5.55. The van der Waals surface area contributed by atoms with Gasteiger partial charge in [0.05, 0.1) is 13.0 Å². The van der Waals surface area contributed by atoms with Crippen LogP contribution in [0.25, 0.3) is 0 Å². The van der Waals surface area contributed by atoms with Crippen LogP contribution in [0.4, 0.5) is 0 Å². The van der Waals surface area contributed by atoms with Crippen molar-refractivity contribution in [2.45, 2.75) is 40.0 Å². The van der Waals surface area contributed by atoms with Gasteiger partial charge in [-0.25, -0.2) is 0 Å². The van der Waals surface area contributed by atoms with Crippen LogP contribution in [0.3, 0.4) is 0 Å². The van der Waals surface area contributed by atoms with Gasteiger partial charge < -0.3 is 9.84 Å². The molecule has 0 fully saturated rings. The van der Waals surface area contributed by atoms with E-state index in [2.05, 4.69) is 0 Å². The summed E-state index contributed by atoms with van der Waals surface area (Å²) in [6, 6.07) is 0. The van der Waals surface area contributed by atoms with Crippen LogP contribution in [0, 0.1) is 11.8 Å². The van der Waals surface area contributed by atoms with Crippen molar-refractivity contribution < 1.29 is 19.4 Å². The molecule has 0 aliphatic heterocycles. The molecule has 4 heteroatoms. The Bertz CT molecular complexity index is 201. The molecule has 4 nitrogen and oxygen atoms in total. The molecule has 1 N–H and O–H groups in total. The van der Waals surface area contributed by atoms with E-state index in [1.807, 2.05) is 13.8 Å². The summed E-state index contributed by atoms with van der Waals surface area (Å²) in [5.41, 5.74) is 0. The number of Topliss-reactive ketones (excluding diaryl/α,β-unsaturated/α-hetero) is 1. The molecule has 0 saturated carbocycles. The second-order valence-electron chi connectivity index (χ2n) is 3.76. The van der Waals surface area contributed by atoms with Crippen LogP contribution in [0.1, 0.15) is 40.0 Å². The predicted molar refractivity (Wildman–Crippen MR) is 63.0 cm³/mol. The molecular weight excluding hydrogens is 208 g/mol. The molecule has 0 spiro atoms. The van der Waals surface area contributed by atoms with Crippen LogP contribution >= 0.6 is 0 Å². The topological polar surface area (TPSA) is 63.6 Å². The summed E-state index contributed by atoms with van der Waals surface area (Å²) in [4.78, 5) is 22.4. The highest BCUT2D eigenvalue weighted by Gasteiger charge is 2.22. The van der Waals surface area contributed by atoms with Gasteiger partial charge >= 0.3 is 5.97 Å². The van der Waals surface area contributed by atoms with E-state index in [9.17, 15) is 9.59 Å². The van der Waals surface area contributed by atoms with Crippen molar-refractivity contribution in [1.29, 1.82) is 0 Å². The molecule has 96 valence electrons. The summed E-state index contributed by atoms with van der Waals surface area (Å²) < 4.78 is 4.70. The zero-order chi connectivity index (χ0) is 13.1. The van der Waals surface area contributed by atoms with Gasteiger partial charge in [0.25, 0.3) is 0 Å². The first-order valence-electron chi connectivity index (χ1n) is 5.55. The van der Waals surface area contributed by atoms with E-state index in [1.165, 1.54) is 7.11 Å². The van der Waals surface area contributed by atoms with E-state index >= 15 is 0 Å². The number of aliphatic hydroxyl groups is 1. The Morgan fingerprint density at radius 3 is 2.12 bits per heavy atom. The molecule has 0 aromatic carbocycles. The Hall–Kier alpha value is -0.900. The maximum absolute atomic E-state index is 11.3. The van der Waals surface area contributed by atoms with Gasteiger partial charge in [0, 0.05) is 13.0 Å². The Balaban J connectivity index is 0. The number of hydrogen-bond acceptors (Lipinski definition) is 4. The number of esters is 1. The molecule has 16 heavy (non-hydrogen) atoms. The van der Waals surface area contributed by atoms with Crippen LogP contribution < -0.4 is 0 Å². The van der Waals surface area contributed by atoms with Gasteiger partial charge in [0.1, 0.15) is 5.78 Å². The summed E-state index contributed by atoms with van der Waals surface area (Å²) >= 11 is 0. The Morgan fingerprint density at radius 1 is 1.31 bits per heavy atom. The number of rotatable bonds is 6. The predicted octanol–water partition coefficient (Wildman–Crippen LogP) is 1.80. The molecule has 0 amide bonds. The summed E-state index contributed by atoms with van der Waals surface area (Å²) in [6.45, 7) is 5.44. The fraction of sp³-hybridized carbons (Fsp3) is 0.833. The Kier molecular flexibility index (Phi) is 11.6. The van der Waals surface area contributed by atoms with Crippen molar-refractivity contribution in [3.8, 4) is 0 Å². The maximum Gasteiger partial charge on any atom is 0.308 e. The SMILES string of the molecule is CCCC(CC(C)C(C)=O)C(=O)OC.CO. The summed E-state index contributed by atoms with van der Waals surface area (Å²) in [5, 5.41) is 7.00. The number of carbonyl (C=O) groups excluding carboxylic acids is 2. The lowest BCUT2D eigenvalue weighted by Crippen LogP contribution is -2.21. The largest absolute Gasteiger partial charge is 0.469 e. The second-order valence-corrected chi connectivity index (χ2v) is 3.76. The van der Waals surface area contributed by atoms with E-state index in [-0.39, 0.29) is 23.6 Å². The van der Waals surface area contributed by atoms with Crippen molar-refractivity contribution >= 4 is 11.8 Å². The summed E-state index contributed by atoms with van der Waals surface area (Å²) in [6.07, 6.45) is 2.34. The van der Waals surface area contributed by atoms with Gasteiger partial charge in [-0.3, -0.25) is 9.59 Å². The lowest BCUT2D eigenvalue weighted by atomic mass is 9.90. The van der Waals surface area contributed by atoms with Gasteiger partial charge in [0.15, 0.2) is 0 Å². The van der Waals surface area contributed by atoms with Crippen LogP contribution in [-0.2, 0) is 14.3 Å². The molecule has 0 aromatic rings. The van der Waals surface area contributed by atoms with E-state index in [0.29, 0.717) is 6.42 Å². The highest BCUT2D eigenvalue weighted by atomic mass is 16.5. The third kappa shape index (κ3) is 7.40. The monoisotopic (exact) mass is 232 g/mol. The molecule has 0 radical (unpaired) electrons. The number of carbonyl (C=O) groups is 2. The van der Waals surface area contributed by atoms with Crippen LogP contribution in [-0.4, -0.2) is 31.1 Å². The molecule has 0 aliphatic rings. The minimum atomic E-state index is -0.194. The standard InChI is InChI=1S/C11H20O3.CH4O/c1-5-6-10(11(13)14-4)7-8(2)9(3)12;1-2/h8,10H,5-7H2,1-4H3;2H,1H3. The average molecular weight is 232 g/mol. The first-order chi connectivity index (χ1) is 7.52. The minimum Gasteiger partial charge on any atom is -0.469 e. The van der Waals surface area contributed by atoms with Crippen molar-refractivity contribution in [2.24, 2.45) is 11.8 Å². The van der Waals surface area contributed by atoms with Gasteiger partial charge in [-0.2, -0.15) is 0 Å². The third-order valence-corrected chi connectivity index (χ3v) is 2.50. The molecule has 0 bridgehead atoms. The molecule has 2 atom stereocenters. The second kappa shape index (κ2) is 10.6. The molecular formula is C12H24O4. The number of ketones is 1. The fourth-order valence-electron chi connectivity index (χ4n) is 1.44. The smallest absolute Gasteiger partial charge is 0.308 e. The van der Waals surface area contributed by atoms with Crippen molar-refractivity contribution in [1.82, 2.24) is 0 Å². The lowest BCUT2D eigenvalue weighted by molar-refractivity contribution is -0.146. The third-order valence-electron chi connectivity index (χ3n) is 2.50. The zero-order valence-electron chi connectivity index (χ0n) is 10.9. The molecule has 0 aromatic heterocycles. The van der Waals surface area contributed by atoms with Crippen LogP contribution in [0.15, 0.2) is 0 Å². The summed E-state index contributed by atoms with van der Waals surface area (Å²) in [5.74, 6) is -0.232. The number of aliphatic hydroxyl groups excluding tert-OH is 1. The number of ether oxygens (including phenoxy) is 1. The van der Waals surface area contributed by atoms with Crippen LogP contribution in [0.5, 0.6) is 0 Å². The number of methoxy groups -OCH3 is 1. The lowest BCUT2D eigenvalue weighted by Gasteiger charge is -2.16. The van der Waals surface area contributed by atoms with Crippen molar-refractivity contribution in [3.05, 3.63) is 0 Å². The summed E-state index contributed by atoms with van der Waals surface area (Å²) in [7, 11) is 2.39.